The van der Waals surface area contributed by atoms with Crippen molar-refractivity contribution in [3.8, 4) is 11.5 Å². The Labute approximate surface area is 195 Å². The lowest BCUT2D eigenvalue weighted by Gasteiger charge is -2.23. The largest absolute Gasteiger partial charge is 0.490 e. The second kappa shape index (κ2) is 10.9. The van der Waals surface area contributed by atoms with Crippen LogP contribution in [0.3, 0.4) is 0 Å². The van der Waals surface area contributed by atoms with Crippen LogP contribution in [0, 0.1) is 0 Å². The zero-order valence-electron chi connectivity index (χ0n) is 18.2. The smallest absolute Gasteiger partial charge is 0.407 e. The summed E-state index contributed by atoms with van der Waals surface area (Å²) in [6.45, 7) is 9.08. The maximum atomic E-state index is 12.0. The van der Waals surface area contributed by atoms with Gasteiger partial charge in [0.1, 0.15) is 5.60 Å². The van der Waals surface area contributed by atoms with Crippen molar-refractivity contribution in [3.05, 3.63) is 23.8 Å². The molecular weight excluding hydrogens is 499 g/mol. The van der Waals surface area contributed by atoms with E-state index in [1.807, 2.05) is 39.0 Å². The van der Waals surface area contributed by atoms with Crippen molar-refractivity contribution in [3.63, 3.8) is 0 Å². The van der Waals surface area contributed by atoms with Gasteiger partial charge in [-0.2, -0.15) is 0 Å². The Balaban J connectivity index is 0.00000320. The van der Waals surface area contributed by atoms with Crippen molar-refractivity contribution in [1.82, 2.24) is 15.5 Å². The van der Waals surface area contributed by atoms with Gasteiger partial charge in [0.05, 0.1) is 19.3 Å². The van der Waals surface area contributed by atoms with E-state index in [0.717, 1.165) is 42.4 Å². The highest BCUT2D eigenvalue weighted by molar-refractivity contribution is 14.0. The summed E-state index contributed by atoms with van der Waals surface area (Å²) in [5.74, 6) is 2.40. The van der Waals surface area contributed by atoms with E-state index in [9.17, 15) is 4.79 Å². The molecule has 0 radical (unpaired) electrons. The highest BCUT2D eigenvalue weighted by atomic mass is 127. The molecule has 1 aromatic rings. The molecule has 0 aliphatic carbocycles. The number of guanidine groups is 1. The van der Waals surface area contributed by atoms with Gasteiger partial charge in [-0.1, -0.05) is 6.07 Å². The summed E-state index contributed by atoms with van der Waals surface area (Å²) < 4.78 is 16.8. The van der Waals surface area contributed by atoms with Gasteiger partial charge in [-0.3, -0.25) is 4.99 Å². The maximum Gasteiger partial charge on any atom is 0.407 e. The van der Waals surface area contributed by atoms with Crippen molar-refractivity contribution in [2.75, 3.05) is 33.4 Å². The average molecular weight is 532 g/mol. The molecule has 0 spiro atoms. The zero-order valence-corrected chi connectivity index (χ0v) is 20.5. The number of rotatable bonds is 3. The lowest BCUT2D eigenvalue weighted by molar-refractivity contribution is 0.0507. The number of hydrogen-bond acceptors (Lipinski definition) is 5. The van der Waals surface area contributed by atoms with Crippen LogP contribution < -0.4 is 20.1 Å². The number of amides is 1. The summed E-state index contributed by atoms with van der Waals surface area (Å²) in [5.41, 5.74) is 0.598. The van der Waals surface area contributed by atoms with Crippen LogP contribution in [0.25, 0.3) is 0 Å². The molecule has 2 N–H and O–H groups in total. The fourth-order valence-electron chi connectivity index (χ4n) is 3.38. The van der Waals surface area contributed by atoms with Crippen LogP contribution >= 0.6 is 24.0 Å². The molecule has 168 valence electrons. The number of nitrogens with zero attached hydrogens (tertiary/aromatic N) is 2. The number of aliphatic imine (C=N–C) groups is 1. The van der Waals surface area contributed by atoms with Crippen LogP contribution in [-0.4, -0.2) is 61.9 Å². The topological polar surface area (TPSA) is 84.4 Å². The number of carbonyl (C=O) groups is 1. The highest BCUT2D eigenvalue weighted by Gasteiger charge is 2.27. The molecule has 1 atom stereocenters. The number of halogens is 1. The Hall–Kier alpha value is -1.91. The number of carbonyl (C=O) groups excluding carboxylic acids is 1. The number of nitrogens with one attached hydrogen (secondary N) is 2. The highest BCUT2D eigenvalue weighted by Crippen LogP contribution is 2.30. The van der Waals surface area contributed by atoms with Crippen LogP contribution in [0.4, 0.5) is 4.79 Å². The van der Waals surface area contributed by atoms with E-state index < -0.39 is 5.60 Å². The Kier molecular flexibility index (Phi) is 8.87. The summed E-state index contributed by atoms with van der Waals surface area (Å²) in [6, 6.07) is 6.04. The minimum absolute atomic E-state index is 0. The average Bonchev–Trinajstić information content (AvgIpc) is 2.96. The first kappa shape index (κ1) is 24.4. The van der Waals surface area contributed by atoms with Crippen molar-refractivity contribution in [2.45, 2.75) is 51.8 Å². The quantitative estimate of drug-likeness (QED) is 0.354. The van der Waals surface area contributed by atoms with Gasteiger partial charge in [-0.15, -0.1) is 24.0 Å². The zero-order chi connectivity index (χ0) is 20.9. The molecule has 3 rings (SSSR count). The molecule has 1 saturated heterocycles. The Morgan fingerprint density at radius 1 is 1.27 bits per heavy atom. The molecule has 0 saturated carbocycles. The molecule has 2 aliphatic rings. The van der Waals surface area contributed by atoms with Crippen LogP contribution in [0.15, 0.2) is 23.2 Å². The van der Waals surface area contributed by atoms with Crippen LogP contribution in [0.1, 0.15) is 39.2 Å². The second-order valence-electron chi connectivity index (χ2n) is 8.31. The number of ether oxygens (including phenoxy) is 3. The van der Waals surface area contributed by atoms with Crippen molar-refractivity contribution >= 4 is 36.0 Å². The number of hydrogen-bond donors (Lipinski definition) is 2. The third-order valence-electron chi connectivity index (χ3n) is 4.68. The summed E-state index contributed by atoms with van der Waals surface area (Å²) in [7, 11) is 1.77. The van der Waals surface area contributed by atoms with Crippen LogP contribution in [-0.2, 0) is 11.3 Å². The molecule has 1 aromatic carbocycles. The number of benzene rings is 1. The summed E-state index contributed by atoms with van der Waals surface area (Å²) >= 11 is 0. The van der Waals surface area contributed by atoms with Gasteiger partial charge in [0.2, 0.25) is 0 Å². The van der Waals surface area contributed by atoms with Crippen molar-refractivity contribution in [2.24, 2.45) is 4.99 Å². The molecule has 2 heterocycles. The number of alkyl carbamates (subject to hydrolysis) is 1. The van der Waals surface area contributed by atoms with Gasteiger partial charge in [-0.25, -0.2) is 4.79 Å². The number of fused-ring (bicyclic) bond motifs is 1. The standard InChI is InChI=1S/C21H32N4O4.HI/c1-21(2,3)29-20(26)24-16-8-9-25(14-16)19(22-4)23-13-15-6-7-17-18(12-15)28-11-5-10-27-17;/h6-7,12,16H,5,8-11,13-14H2,1-4H3,(H,22,23)(H,24,26);1H. The van der Waals surface area contributed by atoms with E-state index in [-0.39, 0.29) is 36.1 Å². The molecule has 1 fully saturated rings. The van der Waals surface area contributed by atoms with E-state index in [1.54, 1.807) is 7.05 Å². The molecular formula is C21H33IN4O4. The summed E-state index contributed by atoms with van der Waals surface area (Å²) in [5, 5.41) is 6.34. The third-order valence-corrected chi connectivity index (χ3v) is 4.68. The van der Waals surface area contributed by atoms with E-state index in [4.69, 9.17) is 14.2 Å². The second-order valence-corrected chi connectivity index (χ2v) is 8.31. The van der Waals surface area contributed by atoms with E-state index in [2.05, 4.69) is 20.5 Å². The van der Waals surface area contributed by atoms with E-state index >= 15 is 0 Å². The predicted molar refractivity (Wildman–Crippen MR) is 127 cm³/mol. The molecule has 30 heavy (non-hydrogen) atoms. The molecule has 8 nitrogen and oxygen atoms in total. The molecule has 2 aliphatic heterocycles. The first-order valence-electron chi connectivity index (χ1n) is 10.2. The molecule has 1 amide bonds. The van der Waals surface area contributed by atoms with Gasteiger partial charge >= 0.3 is 6.09 Å². The van der Waals surface area contributed by atoms with Crippen molar-refractivity contribution in [1.29, 1.82) is 0 Å². The van der Waals surface area contributed by atoms with Gasteiger partial charge < -0.3 is 29.7 Å². The Morgan fingerprint density at radius 2 is 2.00 bits per heavy atom. The van der Waals surface area contributed by atoms with Gasteiger partial charge in [-0.05, 0) is 44.9 Å². The van der Waals surface area contributed by atoms with Crippen LogP contribution in [0.5, 0.6) is 11.5 Å². The fraction of sp³-hybridized carbons (Fsp3) is 0.619. The summed E-state index contributed by atoms with van der Waals surface area (Å²) in [4.78, 5) is 18.5. The Morgan fingerprint density at radius 3 is 2.70 bits per heavy atom. The first-order valence-corrected chi connectivity index (χ1v) is 10.2. The SMILES string of the molecule is CN=C(NCc1ccc2c(c1)OCCCO2)N1CCC(NC(=O)OC(C)(C)C)C1.I. The lowest BCUT2D eigenvalue weighted by atomic mass is 10.2. The van der Waals surface area contributed by atoms with Crippen molar-refractivity contribution < 1.29 is 19.0 Å². The molecule has 0 bridgehead atoms. The first-order chi connectivity index (χ1) is 13.8. The molecule has 0 aromatic heterocycles. The minimum Gasteiger partial charge on any atom is -0.490 e. The summed E-state index contributed by atoms with van der Waals surface area (Å²) in [6.07, 6.45) is 1.37. The van der Waals surface area contributed by atoms with E-state index in [0.29, 0.717) is 26.3 Å². The maximum absolute atomic E-state index is 12.0. The van der Waals surface area contributed by atoms with E-state index in [1.165, 1.54) is 0 Å². The van der Waals surface area contributed by atoms with Gasteiger partial charge in [0, 0.05) is 33.1 Å². The lowest BCUT2D eigenvalue weighted by Crippen LogP contribution is -2.44. The Bertz CT molecular complexity index is 751. The molecule has 1 unspecified atom stereocenters. The molecule has 9 heteroatoms. The number of likely N-dealkylation sites (tertiary alicyclic amines) is 1. The van der Waals surface area contributed by atoms with Gasteiger partial charge in [0.15, 0.2) is 17.5 Å². The monoisotopic (exact) mass is 532 g/mol. The third kappa shape index (κ3) is 7.10. The fourth-order valence-corrected chi connectivity index (χ4v) is 3.38. The van der Waals surface area contributed by atoms with Gasteiger partial charge in [0.25, 0.3) is 0 Å². The predicted octanol–water partition coefficient (Wildman–Crippen LogP) is 3.14. The van der Waals surface area contributed by atoms with Crippen LogP contribution in [0.2, 0.25) is 0 Å². The normalized spacial score (nSPS) is 18.9. The minimum atomic E-state index is -0.497.